The van der Waals surface area contributed by atoms with Crippen molar-refractivity contribution in [2.75, 3.05) is 33.2 Å². The number of aromatic hydroxyl groups is 1. The minimum atomic E-state index is 0.0394. The SMILES string of the molecule is CCN(C)C[C@@H]1O[C@H](C2CCN(Cc3ccccc3)CC2)Cc2c1ccc(C)c2O. The summed E-state index contributed by atoms with van der Waals surface area (Å²) >= 11 is 0. The van der Waals surface area contributed by atoms with E-state index in [0.29, 0.717) is 11.7 Å². The molecule has 0 amide bonds. The number of aryl methyl sites for hydroxylation is 1. The molecule has 0 unspecified atom stereocenters. The fourth-order valence-corrected chi connectivity index (χ4v) is 4.97. The van der Waals surface area contributed by atoms with E-state index in [1.807, 2.05) is 13.0 Å². The number of fused-ring (bicyclic) bond motifs is 1. The van der Waals surface area contributed by atoms with Gasteiger partial charge in [0.05, 0.1) is 12.2 Å². The van der Waals surface area contributed by atoms with E-state index in [1.54, 1.807) is 0 Å². The van der Waals surface area contributed by atoms with Gasteiger partial charge in [-0.05, 0) is 69.1 Å². The van der Waals surface area contributed by atoms with Crippen LogP contribution in [0.15, 0.2) is 42.5 Å². The number of benzene rings is 2. The van der Waals surface area contributed by atoms with Gasteiger partial charge in [0, 0.05) is 25.1 Å². The van der Waals surface area contributed by atoms with Gasteiger partial charge in [-0.2, -0.15) is 0 Å². The zero-order valence-corrected chi connectivity index (χ0v) is 18.7. The number of likely N-dealkylation sites (N-methyl/N-ethyl adjacent to an activating group) is 1. The third-order valence-electron chi connectivity index (χ3n) is 7.04. The third kappa shape index (κ3) is 4.72. The molecule has 162 valence electrons. The average Bonchev–Trinajstić information content (AvgIpc) is 2.77. The standard InChI is InChI=1S/C26H36N2O2/c1-4-27(3)18-25-22-11-10-19(2)26(29)23(22)16-24(30-25)21-12-14-28(15-13-21)17-20-8-6-5-7-9-20/h5-11,21,24-25,29H,4,12-18H2,1-3H3/t24-,25-/m0/s1. The van der Waals surface area contributed by atoms with Gasteiger partial charge in [-0.3, -0.25) is 4.90 Å². The number of rotatable bonds is 6. The summed E-state index contributed by atoms with van der Waals surface area (Å²) in [6.07, 6.45) is 3.39. The van der Waals surface area contributed by atoms with E-state index in [9.17, 15) is 5.11 Å². The molecular formula is C26H36N2O2. The number of likely N-dealkylation sites (tertiary alicyclic amines) is 1. The van der Waals surface area contributed by atoms with Crippen LogP contribution in [0.3, 0.4) is 0 Å². The Morgan fingerprint density at radius 1 is 1.10 bits per heavy atom. The lowest BCUT2D eigenvalue weighted by molar-refractivity contribution is -0.0773. The van der Waals surface area contributed by atoms with Crippen molar-refractivity contribution in [3.63, 3.8) is 0 Å². The zero-order chi connectivity index (χ0) is 21.1. The second-order valence-corrected chi connectivity index (χ2v) is 9.12. The van der Waals surface area contributed by atoms with Crippen molar-refractivity contribution in [3.05, 3.63) is 64.7 Å². The van der Waals surface area contributed by atoms with Gasteiger partial charge in [0.25, 0.3) is 0 Å². The lowest BCUT2D eigenvalue weighted by Gasteiger charge is -2.41. The molecule has 2 aromatic rings. The second kappa shape index (κ2) is 9.51. The molecule has 30 heavy (non-hydrogen) atoms. The Bertz CT molecular complexity index is 830. The maximum atomic E-state index is 10.8. The molecule has 2 aliphatic rings. The first kappa shape index (κ1) is 21.4. The van der Waals surface area contributed by atoms with Crippen molar-refractivity contribution < 1.29 is 9.84 Å². The smallest absolute Gasteiger partial charge is 0.122 e. The van der Waals surface area contributed by atoms with Crippen LogP contribution >= 0.6 is 0 Å². The molecule has 1 saturated heterocycles. The van der Waals surface area contributed by atoms with E-state index in [4.69, 9.17) is 4.74 Å². The van der Waals surface area contributed by atoms with Crippen LogP contribution in [0.1, 0.15) is 48.1 Å². The van der Waals surface area contributed by atoms with E-state index in [1.165, 1.54) is 11.1 Å². The monoisotopic (exact) mass is 408 g/mol. The van der Waals surface area contributed by atoms with Crippen molar-refractivity contribution >= 4 is 0 Å². The fourth-order valence-electron chi connectivity index (χ4n) is 4.97. The molecule has 0 aliphatic carbocycles. The number of phenols is 1. The predicted octanol–water partition coefficient (Wildman–Crippen LogP) is 4.55. The molecule has 0 saturated carbocycles. The van der Waals surface area contributed by atoms with E-state index in [2.05, 4.69) is 60.2 Å². The van der Waals surface area contributed by atoms with Crippen molar-refractivity contribution in [2.24, 2.45) is 5.92 Å². The summed E-state index contributed by atoms with van der Waals surface area (Å²) in [4.78, 5) is 4.86. The van der Waals surface area contributed by atoms with Crippen LogP contribution in [-0.4, -0.2) is 54.2 Å². The summed E-state index contributed by atoms with van der Waals surface area (Å²) in [5, 5.41) is 10.8. The summed E-state index contributed by atoms with van der Waals surface area (Å²) in [5.74, 6) is 1.03. The molecular weight excluding hydrogens is 372 g/mol. The lowest BCUT2D eigenvalue weighted by atomic mass is 9.83. The van der Waals surface area contributed by atoms with Crippen molar-refractivity contribution in [3.8, 4) is 5.75 Å². The van der Waals surface area contributed by atoms with Crippen LogP contribution in [0.5, 0.6) is 5.75 Å². The minimum absolute atomic E-state index is 0.0394. The maximum absolute atomic E-state index is 10.8. The lowest BCUT2D eigenvalue weighted by Crippen LogP contribution is -2.42. The van der Waals surface area contributed by atoms with Crippen molar-refractivity contribution in [1.29, 1.82) is 0 Å². The molecule has 4 nitrogen and oxygen atoms in total. The number of ether oxygens (including phenoxy) is 1. The van der Waals surface area contributed by atoms with Crippen molar-refractivity contribution in [1.82, 2.24) is 9.80 Å². The quantitative estimate of drug-likeness (QED) is 0.761. The van der Waals surface area contributed by atoms with Gasteiger partial charge in [-0.15, -0.1) is 0 Å². The normalized spacial score (nSPS) is 22.9. The maximum Gasteiger partial charge on any atom is 0.122 e. The largest absolute Gasteiger partial charge is 0.507 e. The topological polar surface area (TPSA) is 35.9 Å². The van der Waals surface area contributed by atoms with Crippen LogP contribution in [0.4, 0.5) is 0 Å². The molecule has 0 bridgehead atoms. The first-order valence-corrected chi connectivity index (χ1v) is 11.5. The van der Waals surface area contributed by atoms with Gasteiger partial charge in [0.15, 0.2) is 0 Å². The number of nitrogens with zero attached hydrogens (tertiary/aromatic N) is 2. The molecule has 4 heteroatoms. The van der Waals surface area contributed by atoms with E-state index >= 15 is 0 Å². The van der Waals surface area contributed by atoms with E-state index in [0.717, 1.165) is 63.1 Å². The van der Waals surface area contributed by atoms with Gasteiger partial charge >= 0.3 is 0 Å². The number of phenolic OH excluding ortho intramolecular Hbond substituents is 1. The molecule has 2 aromatic carbocycles. The van der Waals surface area contributed by atoms with Crippen molar-refractivity contribution in [2.45, 2.75) is 51.9 Å². The zero-order valence-electron chi connectivity index (χ0n) is 18.7. The highest BCUT2D eigenvalue weighted by molar-refractivity contribution is 5.47. The summed E-state index contributed by atoms with van der Waals surface area (Å²) in [6, 6.07) is 14.9. The Morgan fingerprint density at radius 2 is 1.83 bits per heavy atom. The molecule has 1 N–H and O–H groups in total. The molecule has 2 atom stereocenters. The molecule has 2 aliphatic heterocycles. The number of hydrogen-bond donors (Lipinski definition) is 1. The highest BCUT2D eigenvalue weighted by atomic mass is 16.5. The minimum Gasteiger partial charge on any atom is -0.507 e. The Balaban J connectivity index is 1.45. The highest BCUT2D eigenvalue weighted by Gasteiger charge is 2.36. The van der Waals surface area contributed by atoms with Gasteiger partial charge in [0.2, 0.25) is 0 Å². The summed E-state index contributed by atoms with van der Waals surface area (Å²) < 4.78 is 6.70. The second-order valence-electron chi connectivity index (χ2n) is 9.12. The predicted molar refractivity (Wildman–Crippen MR) is 122 cm³/mol. The number of hydrogen-bond acceptors (Lipinski definition) is 4. The molecule has 0 radical (unpaired) electrons. The average molecular weight is 409 g/mol. The van der Waals surface area contributed by atoms with Crippen LogP contribution in [0.25, 0.3) is 0 Å². The van der Waals surface area contributed by atoms with Gasteiger partial charge in [-0.1, -0.05) is 49.4 Å². The van der Waals surface area contributed by atoms with Gasteiger partial charge in [0.1, 0.15) is 5.75 Å². The van der Waals surface area contributed by atoms with Crippen LogP contribution in [0, 0.1) is 12.8 Å². The third-order valence-corrected chi connectivity index (χ3v) is 7.04. The molecule has 4 rings (SSSR count). The summed E-state index contributed by atoms with van der Waals surface area (Å²) in [5.41, 5.74) is 4.65. The first-order valence-electron chi connectivity index (χ1n) is 11.5. The molecule has 1 fully saturated rings. The van der Waals surface area contributed by atoms with Crippen LogP contribution in [0.2, 0.25) is 0 Å². The van der Waals surface area contributed by atoms with Crippen LogP contribution in [-0.2, 0) is 17.7 Å². The Kier molecular flexibility index (Phi) is 6.77. The molecule has 2 heterocycles. The van der Waals surface area contributed by atoms with E-state index < -0.39 is 0 Å². The van der Waals surface area contributed by atoms with Gasteiger partial charge < -0.3 is 14.7 Å². The van der Waals surface area contributed by atoms with Gasteiger partial charge in [-0.25, -0.2) is 0 Å². The Hall–Kier alpha value is -1.88. The molecule has 0 aromatic heterocycles. The summed E-state index contributed by atoms with van der Waals surface area (Å²) in [7, 11) is 2.14. The van der Waals surface area contributed by atoms with Crippen LogP contribution < -0.4 is 0 Å². The highest BCUT2D eigenvalue weighted by Crippen LogP contribution is 2.41. The fraction of sp³-hybridized carbons (Fsp3) is 0.538. The Labute approximate surface area is 181 Å². The Morgan fingerprint density at radius 3 is 2.53 bits per heavy atom. The first-order chi connectivity index (χ1) is 14.5. The molecule has 0 spiro atoms. The van der Waals surface area contributed by atoms with E-state index in [-0.39, 0.29) is 12.2 Å². The number of piperidine rings is 1. The summed E-state index contributed by atoms with van der Waals surface area (Å²) in [6.45, 7) is 9.31.